The van der Waals surface area contributed by atoms with Gasteiger partial charge in [0, 0.05) is 6.07 Å². The van der Waals surface area contributed by atoms with E-state index in [0.717, 1.165) is 19.3 Å². The van der Waals surface area contributed by atoms with E-state index in [-0.39, 0.29) is 16.5 Å². The lowest BCUT2D eigenvalue weighted by Crippen LogP contribution is -2.34. The first kappa shape index (κ1) is 20.3. The van der Waals surface area contributed by atoms with Crippen LogP contribution in [0.4, 0.5) is 11.4 Å². The van der Waals surface area contributed by atoms with Crippen molar-refractivity contribution in [2.75, 3.05) is 11.9 Å². The average molecular weight is 387 g/mol. The van der Waals surface area contributed by atoms with Crippen molar-refractivity contribution in [3.63, 3.8) is 0 Å². The molecular weight excluding hydrogens is 366 g/mol. The number of unbranched alkanes of at least 4 members (excludes halogenated alkanes) is 2. The first-order valence-electron chi connectivity index (χ1n) is 8.60. The predicted octanol–water partition coefficient (Wildman–Crippen LogP) is 4.29. The minimum Gasteiger partial charge on any atom is -0.493 e. The van der Waals surface area contributed by atoms with E-state index >= 15 is 0 Å². The van der Waals surface area contributed by atoms with Crippen LogP contribution in [0.5, 0.6) is 5.75 Å². The minimum atomic E-state index is -0.522. The third-order valence-electron chi connectivity index (χ3n) is 3.71. The summed E-state index contributed by atoms with van der Waals surface area (Å²) in [5.41, 5.74) is 0.423. The maximum atomic E-state index is 12.5. The molecule has 0 bridgehead atoms. The Morgan fingerprint density at radius 2 is 1.85 bits per heavy atom. The molecule has 2 aromatic rings. The third-order valence-corrected chi connectivity index (χ3v) is 3.92. The van der Waals surface area contributed by atoms with Crippen LogP contribution in [-0.2, 0) is 0 Å². The number of nitro groups is 1. The fourth-order valence-electron chi connectivity index (χ4n) is 2.38. The van der Waals surface area contributed by atoms with E-state index in [0.29, 0.717) is 17.9 Å². The molecule has 0 unspecified atom stereocenters. The zero-order chi connectivity index (χ0) is 19.6. The van der Waals surface area contributed by atoms with Gasteiger partial charge in [0.05, 0.1) is 17.1 Å². The molecule has 0 aliphatic heterocycles. The quantitative estimate of drug-likeness (QED) is 0.304. The molecule has 2 aromatic carbocycles. The second-order valence-corrected chi connectivity index (χ2v) is 6.14. The Hall–Kier alpha value is -3.00. The molecule has 0 fully saturated rings. The van der Waals surface area contributed by atoms with E-state index in [1.165, 1.54) is 12.1 Å². The molecule has 0 aromatic heterocycles. The Morgan fingerprint density at radius 1 is 1.15 bits per heavy atom. The normalized spacial score (nSPS) is 10.1. The zero-order valence-electron chi connectivity index (χ0n) is 14.9. The Kier molecular flexibility index (Phi) is 7.69. The molecule has 2 rings (SSSR count). The Bertz CT molecular complexity index is 826. The summed E-state index contributed by atoms with van der Waals surface area (Å²) < 4.78 is 5.70. The summed E-state index contributed by atoms with van der Waals surface area (Å²) >= 11 is 5.12. The molecule has 0 saturated carbocycles. The third kappa shape index (κ3) is 6.03. The number of hydrogen-bond acceptors (Lipinski definition) is 5. The van der Waals surface area contributed by atoms with E-state index in [9.17, 15) is 14.9 Å². The van der Waals surface area contributed by atoms with Crippen LogP contribution in [0.3, 0.4) is 0 Å². The Balaban J connectivity index is 2.03. The van der Waals surface area contributed by atoms with Crippen molar-refractivity contribution < 1.29 is 14.5 Å². The van der Waals surface area contributed by atoms with Gasteiger partial charge in [0.25, 0.3) is 11.6 Å². The van der Waals surface area contributed by atoms with Crippen molar-refractivity contribution in [3.05, 3.63) is 64.2 Å². The largest absolute Gasteiger partial charge is 0.493 e. The molecule has 8 heteroatoms. The zero-order valence-corrected chi connectivity index (χ0v) is 15.8. The molecule has 1 amide bonds. The number of benzene rings is 2. The van der Waals surface area contributed by atoms with Crippen molar-refractivity contribution in [3.8, 4) is 5.75 Å². The van der Waals surface area contributed by atoms with E-state index in [4.69, 9.17) is 17.0 Å². The van der Waals surface area contributed by atoms with Gasteiger partial charge < -0.3 is 10.1 Å². The van der Waals surface area contributed by atoms with Crippen LogP contribution in [-0.4, -0.2) is 22.5 Å². The van der Waals surface area contributed by atoms with Gasteiger partial charge in [-0.05, 0) is 36.8 Å². The summed E-state index contributed by atoms with van der Waals surface area (Å²) in [7, 11) is 0. The van der Waals surface area contributed by atoms with Crippen molar-refractivity contribution in [2.45, 2.75) is 26.2 Å². The number of rotatable bonds is 8. The number of thiocarbonyl (C=S) groups is 1. The molecule has 0 radical (unpaired) electrons. The lowest BCUT2D eigenvalue weighted by atomic mass is 10.2. The summed E-state index contributed by atoms with van der Waals surface area (Å²) in [6.07, 6.45) is 3.04. The van der Waals surface area contributed by atoms with Gasteiger partial charge in [-0.2, -0.15) is 0 Å². The summed E-state index contributed by atoms with van der Waals surface area (Å²) in [5.74, 6) is 0.0248. The standard InChI is InChI=1S/C19H21N3O4S/c1-2-3-8-13-26-17-12-7-4-9-14(17)18(23)21-19(27)20-15-10-5-6-11-16(15)22(24)25/h4-7,9-12H,2-3,8,13H2,1H3,(H2,20,21,23,27). The van der Waals surface area contributed by atoms with Gasteiger partial charge in [-0.25, -0.2) is 0 Å². The number of ether oxygens (including phenoxy) is 1. The van der Waals surface area contributed by atoms with Crippen LogP contribution >= 0.6 is 12.2 Å². The molecule has 0 aliphatic carbocycles. The SMILES string of the molecule is CCCCCOc1ccccc1C(=O)NC(=S)Nc1ccccc1[N+](=O)[O-]. The summed E-state index contributed by atoms with van der Waals surface area (Å²) in [5, 5.41) is 16.2. The number of para-hydroxylation sites is 3. The van der Waals surface area contributed by atoms with Crippen molar-refractivity contribution in [2.24, 2.45) is 0 Å². The summed E-state index contributed by atoms with van der Waals surface area (Å²) in [6, 6.07) is 12.9. The van der Waals surface area contributed by atoms with Gasteiger partial charge in [-0.1, -0.05) is 44.0 Å². The van der Waals surface area contributed by atoms with Gasteiger partial charge in [0.1, 0.15) is 11.4 Å². The maximum Gasteiger partial charge on any atom is 0.292 e. The first-order chi connectivity index (χ1) is 13.0. The monoisotopic (exact) mass is 387 g/mol. The second-order valence-electron chi connectivity index (χ2n) is 5.73. The van der Waals surface area contributed by atoms with Crippen LogP contribution in [0.25, 0.3) is 0 Å². The van der Waals surface area contributed by atoms with Gasteiger partial charge in [0.2, 0.25) is 0 Å². The van der Waals surface area contributed by atoms with Gasteiger partial charge in [0.15, 0.2) is 5.11 Å². The van der Waals surface area contributed by atoms with Crippen LogP contribution in [0.15, 0.2) is 48.5 Å². The summed E-state index contributed by atoms with van der Waals surface area (Å²) in [6.45, 7) is 2.63. The number of nitrogens with one attached hydrogen (secondary N) is 2. The lowest BCUT2D eigenvalue weighted by molar-refractivity contribution is -0.383. The molecule has 27 heavy (non-hydrogen) atoms. The first-order valence-corrected chi connectivity index (χ1v) is 9.01. The number of carbonyl (C=O) groups is 1. The minimum absolute atomic E-state index is 0.0323. The fraction of sp³-hybridized carbons (Fsp3) is 0.263. The number of amides is 1. The van der Waals surface area contributed by atoms with E-state index < -0.39 is 10.8 Å². The van der Waals surface area contributed by atoms with Crippen LogP contribution < -0.4 is 15.4 Å². The number of nitro benzene ring substituents is 1. The highest BCUT2D eigenvalue weighted by atomic mass is 32.1. The van der Waals surface area contributed by atoms with Crippen LogP contribution in [0.2, 0.25) is 0 Å². The molecular formula is C19H21N3O4S. The van der Waals surface area contributed by atoms with E-state index in [1.54, 1.807) is 36.4 Å². The van der Waals surface area contributed by atoms with Gasteiger partial charge in [-0.3, -0.25) is 20.2 Å². The topological polar surface area (TPSA) is 93.5 Å². The van der Waals surface area contributed by atoms with Crippen LogP contribution in [0.1, 0.15) is 36.5 Å². The molecule has 142 valence electrons. The Labute approximate surface area is 162 Å². The molecule has 7 nitrogen and oxygen atoms in total. The highest BCUT2D eigenvalue weighted by Gasteiger charge is 2.16. The molecule has 0 spiro atoms. The van der Waals surface area contributed by atoms with Gasteiger partial charge in [-0.15, -0.1) is 0 Å². The smallest absolute Gasteiger partial charge is 0.292 e. The van der Waals surface area contributed by atoms with E-state index in [2.05, 4.69) is 17.6 Å². The summed E-state index contributed by atoms with van der Waals surface area (Å²) in [4.78, 5) is 23.1. The number of nitrogens with zero attached hydrogens (tertiary/aromatic N) is 1. The van der Waals surface area contributed by atoms with Crippen molar-refractivity contribution in [1.29, 1.82) is 0 Å². The molecule has 0 heterocycles. The lowest BCUT2D eigenvalue weighted by Gasteiger charge is -2.13. The highest BCUT2D eigenvalue weighted by molar-refractivity contribution is 7.80. The van der Waals surface area contributed by atoms with Crippen molar-refractivity contribution >= 4 is 34.6 Å². The average Bonchev–Trinajstić information content (AvgIpc) is 2.65. The second kappa shape index (κ2) is 10.2. The van der Waals surface area contributed by atoms with E-state index in [1.807, 2.05) is 0 Å². The van der Waals surface area contributed by atoms with Crippen LogP contribution in [0, 0.1) is 10.1 Å². The predicted molar refractivity (Wildman–Crippen MR) is 108 cm³/mol. The molecule has 2 N–H and O–H groups in total. The molecule has 0 atom stereocenters. The van der Waals surface area contributed by atoms with Crippen molar-refractivity contribution in [1.82, 2.24) is 5.32 Å². The highest BCUT2D eigenvalue weighted by Crippen LogP contribution is 2.23. The number of anilines is 1. The maximum absolute atomic E-state index is 12.5. The number of carbonyl (C=O) groups excluding carboxylic acids is 1. The molecule has 0 aliphatic rings. The fourth-order valence-corrected chi connectivity index (χ4v) is 2.58. The number of hydrogen-bond donors (Lipinski definition) is 2. The Morgan fingerprint density at radius 3 is 2.59 bits per heavy atom. The van der Waals surface area contributed by atoms with Gasteiger partial charge >= 0.3 is 0 Å². The molecule has 0 saturated heterocycles.